The predicted octanol–water partition coefficient (Wildman–Crippen LogP) is 2.62. The van der Waals surface area contributed by atoms with E-state index in [9.17, 15) is 0 Å². The lowest BCUT2D eigenvalue weighted by atomic mass is 10.2. The Hall–Kier alpha value is -3.23. The van der Waals surface area contributed by atoms with Crippen molar-refractivity contribution in [1.29, 1.82) is 0 Å². The largest absolute Gasteiger partial charge is 0.489 e. The van der Waals surface area contributed by atoms with Gasteiger partial charge < -0.3 is 20.1 Å². The molecule has 0 unspecified atom stereocenters. The normalized spacial score (nSPS) is 14.5. The molecular formula is C23H28N6O2. The molecule has 1 aromatic heterocycles. The highest BCUT2D eigenvalue weighted by molar-refractivity contribution is 5.56. The Morgan fingerprint density at radius 1 is 0.968 bits per heavy atom. The summed E-state index contributed by atoms with van der Waals surface area (Å²) >= 11 is 0. The summed E-state index contributed by atoms with van der Waals surface area (Å²) in [6, 6.07) is 17.9. The van der Waals surface area contributed by atoms with Gasteiger partial charge >= 0.3 is 0 Å². The molecule has 4 rings (SSSR count). The van der Waals surface area contributed by atoms with Crippen molar-refractivity contribution in [3.05, 3.63) is 66.0 Å². The molecule has 3 aromatic rings. The van der Waals surface area contributed by atoms with E-state index in [1.165, 1.54) is 0 Å². The zero-order valence-corrected chi connectivity index (χ0v) is 17.7. The third-order valence-electron chi connectivity index (χ3n) is 5.15. The molecule has 2 heterocycles. The van der Waals surface area contributed by atoms with Crippen molar-refractivity contribution < 1.29 is 9.84 Å². The number of anilines is 3. The third kappa shape index (κ3) is 5.90. The summed E-state index contributed by atoms with van der Waals surface area (Å²) in [5, 5.41) is 12.4. The topological polar surface area (TPSA) is 86.6 Å². The molecule has 0 atom stereocenters. The van der Waals surface area contributed by atoms with E-state index in [1.54, 1.807) is 0 Å². The van der Waals surface area contributed by atoms with E-state index in [2.05, 4.69) is 30.1 Å². The average Bonchev–Trinajstić information content (AvgIpc) is 2.79. The van der Waals surface area contributed by atoms with Gasteiger partial charge in [-0.25, -0.2) is 0 Å². The molecule has 31 heavy (non-hydrogen) atoms. The lowest BCUT2D eigenvalue weighted by molar-refractivity contribution is 0.188. The molecule has 1 aliphatic heterocycles. The summed E-state index contributed by atoms with van der Waals surface area (Å²) in [6.07, 6.45) is 0. The zero-order chi connectivity index (χ0) is 21.5. The summed E-state index contributed by atoms with van der Waals surface area (Å²) in [7, 11) is 0. The Balaban J connectivity index is 1.41. The Labute approximate surface area is 182 Å². The summed E-state index contributed by atoms with van der Waals surface area (Å²) in [6.45, 7) is 6.70. The van der Waals surface area contributed by atoms with Crippen LogP contribution < -0.4 is 15.0 Å². The van der Waals surface area contributed by atoms with E-state index in [-0.39, 0.29) is 6.61 Å². The number of aryl methyl sites for hydroxylation is 1. The SMILES string of the molecule is Cc1nc(Nc2cccc(OCc3ccccc3)c2)nc(N2CCN(CCO)CC2)n1. The van der Waals surface area contributed by atoms with Crippen LogP contribution in [0, 0.1) is 6.92 Å². The van der Waals surface area contributed by atoms with Crippen molar-refractivity contribution in [3.8, 4) is 5.75 Å². The lowest BCUT2D eigenvalue weighted by Gasteiger charge is -2.34. The molecule has 0 aliphatic carbocycles. The first-order chi connectivity index (χ1) is 15.2. The van der Waals surface area contributed by atoms with Gasteiger partial charge in [-0.05, 0) is 24.6 Å². The Kier molecular flexibility index (Phi) is 6.91. The van der Waals surface area contributed by atoms with Gasteiger partial charge in [0.1, 0.15) is 18.2 Å². The smallest absolute Gasteiger partial charge is 0.232 e. The van der Waals surface area contributed by atoms with Crippen molar-refractivity contribution in [1.82, 2.24) is 19.9 Å². The standard InChI is InChI=1S/C23H28N6O2/c1-18-24-22(27-23(25-18)29-12-10-28(11-13-29)14-15-30)26-20-8-5-9-21(16-20)31-17-19-6-3-2-4-7-19/h2-9,16,30H,10-15,17H2,1H3,(H,24,25,26,27). The monoisotopic (exact) mass is 420 g/mol. The maximum Gasteiger partial charge on any atom is 0.232 e. The molecule has 0 bridgehead atoms. The van der Waals surface area contributed by atoms with Gasteiger partial charge in [-0.2, -0.15) is 15.0 Å². The number of hydrogen-bond acceptors (Lipinski definition) is 8. The predicted molar refractivity (Wildman–Crippen MR) is 121 cm³/mol. The number of aliphatic hydroxyl groups excluding tert-OH is 1. The fourth-order valence-corrected chi connectivity index (χ4v) is 3.51. The van der Waals surface area contributed by atoms with Crippen molar-refractivity contribution in [2.24, 2.45) is 0 Å². The molecular weight excluding hydrogens is 392 g/mol. The van der Waals surface area contributed by atoms with Crippen molar-refractivity contribution in [2.45, 2.75) is 13.5 Å². The van der Waals surface area contributed by atoms with Crippen LogP contribution in [0.1, 0.15) is 11.4 Å². The molecule has 0 saturated carbocycles. The highest BCUT2D eigenvalue weighted by atomic mass is 16.5. The highest BCUT2D eigenvalue weighted by Gasteiger charge is 2.19. The maximum atomic E-state index is 9.12. The second kappa shape index (κ2) is 10.2. The van der Waals surface area contributed by atoms with Crippen LogP contribution in [0.5, 0.6) is 5.75 Å². The van der Waals surface area contributed by atoms with Crippen LogP contribution in [0.3, 0.4) is 0 Å². The van der Waals surface area contributed by atoms with Gasteiger partial charge in [-0.15, -0.1) is 0 Å². The molecule has 2 aromatic carbocycles. The molecule has 0 amide bonds. The van der Waals surface area contributed by atoms with Gasteiger partial charge in [0.05, 0.1) is 6.61 Å². The molecule has 1 saturated heterocycles. The molecule has 2 N–H and O–H groups in total. The van der Waals surface area contributed by atoms with E-state index in [1.807, 2.05) is 61.5 Å². The molecule has 1 fully saturated rings. The lowest BCUT2D eigenvalue weighted by Crippen LogP contribution is -2.47. The van der Waals surface area contributed by atoms with Crippen molar-refractivity contribution in [3.63, 3.8) is 0 Å². The molecule has 8 heteroatoms. The van der Waals surface area contributed by atoms with Gasteiger partial charge in [0.2, 0.25) is 11.9 Å². The van der Waals surface area contributed by atoms with Gasteiger partial charge in [0.25, 0.3) is 0 Å². The second-order valence-corrected chi connectivity index (χ2v) is 7.49. The van der Waals surface area contributed by atoms with Crippen LogP contribution in [0.15, 0.2) is 54.6 Å². The number of aromatic nitrogens is 3. The first-order valence-electron chi connectivity index (χ1n) is 10.5. The highest BCUT2D eigenvalue weighted by Crippen LogP contribution is 2.22. The van der Waals surface area contributed by atoms with Crippen LogP contribution >= 0.6 is 0 Å². The van der Waals surface area contributed by atoms with Crippen LogP contribution in [-0.4, -0.2) is 64.3 Å². The minimum absolute atomic E-state index is 0.188. The maximum absolute atomic E-state index is 9.12. The molecule has 8 nitrogen and oxygen atoms in total. The molecule has 0 radical (unpaired) electrons. The van der Waals surface area contributed by atoms with Gasteiger partial charge in [0, 0.05) is 44.5 Å². The summed E-state index contributed by atoms with van der Waals surface area (Å²) in [5.74, 6) is 2.64. The third-order valence-corrected chi connectivity index (χ3v) is 5.15. The van der Waals surface area contributed by atoms with Crippen LogP contribution in [0.2, 0.25) is 0 Å². The number of ether oxygens (including phenoxy) is 1. The minimum atomic E-state index is 0.188. The minimum Gasteiger partial charge on any atom is -0.489 e. The number of hydrogen-bond donors (Lipinski definition) is 2. The van der Waals surface area contributed by atoms with Gasteiger partial charge in [0.15, 0.2) is 0 Å². The number of benzene rings is 2. The quantitative estimate of drug-likeness (QED) is 0.575. The zero-order valence-electron chi connectivity index (χ0n) is 17.7. The van der Waals surface area contributed by atoms with Gasteiger partial charge in [-0.1, -0.05) is 36.4 Å². The number of aliphatic hydroxyl groups is 1. The van der Waals surface area contributed by atoms with E-state index in [0.717, 1.165) is 43.2 Å². The molecule has 0 spiro atoms. The van der Waals surface area contributed by atoms with E-state index >= 15 is 0 Å². The molecule has 1 aliphatic rings. The second-order valence-electron chi connectivity index (χ2n) is 7.49. The number of nitrogens with zero attached hydrogens (tertiary/aromatic N) is 5. The summed E-state index contributed by atoms with van der Waals surface area (Å²) in [4.78, 5) is 18.0. The molecule has 162 valence electrons. The first kappa shape index (κ1) is 21.0. The van der Waals surface area contributed by atoms with E-state index in [0.29, 0.717) is 30.9 Å². The number of rotatable bonds is 8. The van der Waals surface area contributed by atoms with E-state index in [4.69, 9.17) is 9.84 Å². The van der Waals surface area contributed by atoms with E-state index < -0.39 is 0 Å². The number of nitrogens with one attached hydrogen (secondary N) is 1. The van der Waals surface area contributed by atoms with Crippen LogP contribution in [-0.2, 0) is 6.61 Å². The Morgan fingerprint density at radius 2 is 1.77 bits per heavy atom. The van der Waals surface area contributed by atoms with Crippen LogP contribution in [0.4, 0.5) is 17.6 Å². The summed E-state index contributed by atoms with van der Waals surface area (Å²) in [5.41, 5.74) is 1.98. The first-order valence-corrected chi connectivity index (χ1v) is 10.5. The Bertz CT molecular complexity index is 977. The fraction of sp³-hybridized carbons (Fsp3) is 0.348. The fourth-order valence-electron chi connectivity index (χ4n) is 3.51. The number of piperazine rings is 1. The summed E-state index contributed by atoms with van der Waals surface area (Å²) < 4.78 is 5.92. The van der Waals surface area contributed by atoms with Crippen molar-refractivity contribution in [2.75, 3.05) is 49.5 Å². The average molecular weight is 421 g/mol. The number of β-amino-alcohol motifs (C(OH)–C–C–N with tert-alkyl or cyclic N) is 1. The van der Waals surface area contributed by atoms with Gasteiger partial charge in [-0.3, -0.25) is 4.90 Å². The Morgan fingerprint density at radius 3 is 2.55 bits per heavy atom. The van der Waals surface area contributed by atoms with Crippen molar-refractivity contribution >= 4 is 17.6 Å². The van der Waals surface area contributed by atoms with Crippen LogP contribution in [0.25, 0.3) is 0 Å².